The summed E-state index contributed by atoms with van der Waals surface area (Å²) in [6.07, 6.45) is 3.35. The Morgan fingerprint density at radius 2 is 1.85 bits per heavy atom. The van der Waals surface area contributed by atoms with Gasteiger partial charge < -0.3 is 5.73 Å². The molecule has 4 rings (SSSR count). The maximum absolute atomic E-state index is 6.38. The predicted molar refractivity (Wildman–Crippen MR) is 84.8 cm³/mol. The van der Waals surface area contributed by atoms with E-state index < -0.39 is 0 Å². The summed E-state index contributed by atoms with van der Waals surface area (Å²) in [4.78, 5) is 4.82. The van der Waals surface area contributed by atoms with Crippen LogP contribution in [0.3, 0.4) is 0 Å². The molecular formula is C17H16N2S. The van der Waals surface area contributed by atoms with Gasteiger partial charge in [-0.3, -0.25) is 0 Å². The summed E-state index contributed by atoms with van der Waals surface area (Å²) in [7, 11) is 0. The van der Waals surface area contributed by atoms with Gasteiger partial charge in [0.25, 0.3) is 0 Å². The highest BCUT2D eigenvalue weighted by Gasteiger charge is 2.37. The molecule has 3 heteroatoms. The Hall–Kier alpha value is -1.71. The van der Waals surface area contributed by atoms with Gasteiger partial charge in [-0.15, -0.1) is 11.3 Å². The number of rotatable bonds is 2. The van der Waals surface area contributed by atoms with E-state index in [4.69, 9.17) is 10.7 Å². The van der Waals surface area contributed by atoms with Gasteiger partial charge in [0, 0.05) is 10.9 Å². The third-order valence-corrected chi connectivity index (χ3v) is 5.30. The number of hydrogen-bond donors (Lipinski definition) is 1. The van der Waals surface area contributed by atoms with Crippen molar-refractivity contribution in [2.24, 2.45) is 5.73 Å². The first kappa shape index (κ1) is 12.1. The lowest BCUT2D eigenvalue weighted by Gasteiger charge is -2.35. The van der Waals surface area contributed by atoms with Gasteiger partial charge >= 0.3 is 0 Å². The molecule has 0 aliphatic heterocycles. The molecule has 0 unspecified atom stereocenters. The smallest absolute Gasteiger partial charge is 0.113 e. The molecule has 100 valence electrons. The summed E-state index contributed by atoms with van der Waals surface area (Å²) in [5.74, 6) is 0. The number of hydrogen-bond acceptors (Lipinski definition) is 3. The van der Waals surface area contributed by atoms with E-state index >= 15 is 0 Å². The van der Waals surface area contributed by atoms with Gasteiger partial charge in [0.1, 0.15) is 5.01 Å². The molecule has 1 saturated carbocycles. The first-order valence-corrected chi connectivity index (χ1v) is 7.87. The number of benzene rings is 2. The number of thiazole rings is 1. The summed E-state index contributed by atoms with van der Waals surface area (Å²) in [6.45, 7) is 0. The minimum absolute atomic E-state index is 0.159. The SMILES string of the molecule is NC1(c2nc(-c3cccc4ccccc34)cs2)CCC1. The fraction of sp³-hybridized carbons (Fsp3) is 0.235. The van der Waals surface area contributed by atoms with Crippen LogP contribution in [0.1, 0.15) is 24.3 Å². The van der Waals surface area contributed by atoms with Crippen molar-refractivity contribution in [2.75, 3.05) is 0 Å². The van der Waals surface area contributed by atoms with Crippen LogP contribution in [0.25, 0.3) is 22.0 Å². The lowest BCUT2D eigenvalue weighted by Crippen LogP contribution is -2.43. The van der Waals surface area contributed by atoms with Crippen molar-refractivity contribution >= 4 is 22.1 Å². The molecular weight excluding hydrogens is 264 g/mol. The maximum Gasteiger partial charge on any atom is 0.113 e. The van der Waals surface area contributed by atoms with Gasteiger partial charge in [-0.1, -0.05) is 42.5 Å². The van der Waals surface area contributed by atoms with E-state index in [-0.39, 0.29) is 5.54 Å². The number of fused-ring (bicyclic) bond motifs is 1. The predicted octanol–water partition coefficient (Wildman–Crippen LogP) is 4.30. The molecule has 0 saturated heterocycles. The molecule has 1 aliphatic carbocycles. The van der Waals surface area contributed by atoms with Crippen molar-refractivity contribution in [1.82, 2.24) is 4.98 Å². The normalized spacial score (nSPS) is 17.1. The van der Waals surface area contributed by atoms with E-state index in [9.17, 15) is 0 Å². The Bertz CT molecular complexity index is 766. The van der Waals surface area contributed by atoms with Crippen LogP contribution in [-0.4, -0.2) is 4.98 Å². The average Bonchev–Trinajstić information content (AvgIpc) is 2.94. The highest BCUT2D eigenvalue weighted by atomic mass is 32.1. The van der Waals surface area contributed by atoms with Gasteiger partial charge in [-0.05, 0) is 30.0 Å². The van der Waals surface area contributed by atoms with E-state index in [1.165, 1.54) is 22.8 Å². The molecule has 20 heavy (non-hydrogen) atoms. The van der Waals surface area contributed by atoms with Crippen LogP contribution in [0.2, 0.25) is 0 Å². The summed E-state index contributed by atoms with van der Waals surface area (Å²) >= 11 is 1.70. The maximum atomic E-state index is 6.38. The minimum Gasteiger partial charge on any atom is -0.319 e. The first-order valence-electron chi connectivity index (χ1n) is 6.99. The van der Waals surface area contributed by atoms with Gasteiger partial charge in [-0.25, -0.2) is 4.98 Å². The van der Waals surface area contributed by atoms with Crippen molar-refractivity contribution in [2.45, 2.75) is 24.8 Å². The molecule has 1 aromatic heterocycles. The third kappa shape index (κ3) is 1.78. The molecule has 0 radical (unpaired) electrons. The van der Waals surface area contributed by atoms with Crippen molar-refractivity contribution in [3.05, 3.63) is 52.9 Å². The van der Waals surface area contributed by atoms with Crippen LogP contribution in [0, 0.1) is 0 Å². The van der Waals surface area contributed by atoms with E-state index in [0.717, 1.165) is 23.5 Å². The molecule has 2 N–H and O–H groups in total. The first-order chi connectivity index (χ1) is 9.76. The number of aromatic nitrogens is 1. The van der Waals surface area contributed by atoms with Gasteiger partial charge in [0.15, 0.2) is 0 Å². The van der Waals surface area contributed by atoms with Crippen molar-refractivity contribution in [3.63, 3.8) is 0 Å². The van der Waals surface area contributed by atoms with E-state index in [1.54, 1.807) is 11.3 Å². The zero-order valence-electron chi connectivity index (χ0n) is 11.2. The second kappa shape index (κ2) is 4.40. The number of nitrogens with zero attached hydrogens (tertiary/aromatic N) is 1. The second-order valence-electron chi connectivity index (χ2n) is 5.57. The third-order valence-electron chi connectivity index (χ3n) is 4.24. The zero-order chi connectivity index (χ0) is 13.6. The van der Waals surface area contributed by atoms with Crippen LogP contribution in [0.15, 0.2) is 47.8 Å². The lowest BCUT2D eigenvalue weighted by molar-refractivity contribution is 0.253. The van der Waals surface area contributed by atoms with Gasteiger partial charge in [0.05, 0.1) is 11.2 Å². The van der Waals surface area contributed by atoms with Crippen molar-refractivity contribution in [1.29, 1.82) is 0 Å². The Morgan fingerprint density at radius 1 is 1.05 bits per heavy atom. The monoisotopic (exact) mass is 280 g/mol. The van der Waals surface area contributed by atoms with Crippen molar-refractivity contribution in [3.8, 4) is 11.3 Å². The van der Waals surface area contributed by atoms with Crippen LogP contribution in [0.5, 0.6) is 0 Å². The second-order valence-corrected chi connectivity index (χ2v) is 6.43. The van der Waals surface area contributed by atoms with E-state index in [0.29, 0.717) is 0 Å². The van der Waals surface area contributed by atoms with Crippen LogP contribution in [-0.2, 0) is 5.54 Å². The average molecular weight is 280 g/mol. The molecule has 0 spiro atoms. The molecule has 1 heterocycles. The molecule has 0 bridgehead atoms. The topological polar surface area (TPSA) is 38.9 Å². The Kier molecular flexibility index (Phi) is 2.65. The fourth-order valence-electron chi connectivity index (χ4n) is 2.85. The Labute approximate surface area is 122 Å². The fourth-order valence-corrected chi connectivity index (χ4v) is 3.84. The van der Waals surface area contributed by atoms with Crippen LogP contribution < -0.4 is 5.73 Å². The molecule has 2 aromatic carbocycles. The van der Waals surface area contributed by atoms with Crippen LogP contribution >= 0.6 is 11.3 Å². The molecule has 3 aromatic rings. The molecule has 2 nitrogen and oxygen atoms in total. The molecule has 0 amide bonds. The summed E-state index contributed by atoms with van der Waals surface area (Å²) < 4.78 is 0. The molecule has 1 aliphatic rings. The van der Waals surface area contributed by atoms with E-state index in [1.807, 2.05) is 0 Å². The summed E-state index contributed by atoms with van der Waals surface area (Å²) in [5.41, 5.74) is 8.47. The molecule has 0 atom stereocenters. The summed E-state index contributed by atoms with van der Waals surface area (Å²) in [6, 6.07) is 14.8. The largest absolute Gasteiger partial charge is 0.319 e. The summed E-state index contributed by atoms with van der Waals surface area (Å²) in [5, 5.41) is 5.74. The quantitative estimate of drug-likeness (QED) is 0.760. The highest BCUT2D eigenvalue weighted by molar-refractivity contribution is 7.10. The molecule has 1 fully saturated rings. The minimum atomic E-state index is -0.159. The Morgan fingerprint density at radius 3 is 2.65 bits per heavy atom. The number of nitrogens with two attached hydrogens (primary N) is 1. The van der Waals surface area contributed by atoms with Crippen molar-refractivity contribution < 1.29 is 0 Å². The Balaban J connectivity index is 1.83. The van der Waals surface area contributed by atoms with Gasteiger partial charge in [-0.2, -0.15) is 0 Å². The van der Waals surface area contributed by atoms with Gasteiger partial charge in [0.2, 0.25) is 0 Å². The lowest BCUT2D eigenvalue weighted by atomic mass is 9.78. The highest BCUT2D eigenvalue weighted by Crippen LogP contribution is 2.41. The zero-order valence-corrected chi connectivity index (χ0v) is 12.0. The van der Waals surface area contributed by atoms with Crippen LogP contribution in [0.4, 0.5) is 0 Å². The van der Waals surface area contributed by atoms with E-state index in [2.05, 4.69) is 47.8 Å². The standard InChI is InChI=1S/C17H16N2S/c18-17(9-4-10-17)16-19-15(11-20-16)14-8-3-6-12-5-1-2-7-13(12)14/h1-3,5-8,11H,4,9-10,18H2.